The molecular formula is C11H16ClN3. The molecule has 1 aliphatic rings. The fourth-order valence-electron chi connectivity index (χ4n) is 2.00. The number of aromatic nitrogens is 2. The lowest BCUT2D eigenvalue weighted by atomic mass is 10.0. The van der Waals surface area contributed by atoms with Crippen LogP contribution in [-0.4, -0.2) is 28.9 Å². The highest BCUT2D eigenvalue weighted by molar-refractivity contribution is 6.18. The van der Waals surface area contributed by atoms with E-state index in [4.69, 9.17) is 11.6 Å². The lowest BCUT2D eigenvalue weighted by molar-refractivity contribution is 0.448. The van der Waals surface area contributed by atoms with Crippen LogP contribution < -0.4 is 4.90 Å². The first-order valence-corrected chi connectivity index (χ1v) is 5.92. The molecule has 2 rings (SSSR count). The Labute approximate surface area is 95.5 Å². The summed E-state index contributed by atoms with van der Waals surface area (Å²) < 4.78 is 0. The lowest BCUT2D eigenvalue weighted by Crippen LogP contribution is -2.36. The van der Waals surface area contributed by atoms with Crippen LogP contribution in [0.2, 0.25) is 0 Å². The second-order valence-corrected chi connectivity index (χ2v) is 4.44. The van der Waals surface area contributed by atoms with Crippen molar-refractivity contribution in [3.63, 3.8) is 0 Å². The Morgan fingerprint density at radius 2 is 2.40 bits per heavy atom. The maximum absolute atomic E-state index is 5.90. The zero-order valence-corrected chi connectivity index (χ0v) is 9.74. The van der Waals surface area contributed by atoms with E-state index >= 15 is 0 Å². The van der Waals surface area contributed by atoms with Crippen molar-refractivity contribution < 1.29 is 0 Å². The van der Waals surface area contributed by atoms with Gasteiger partial charge in [-0.3, -0.25) is 4.98 Å². The monoisotopic (exact) mass is 225 g/mol. The second-order valence-electron chi connectivity index (χ2n) is 4.13. The predicted octanol–water partition coefficient (Wildman–Crippen LogP) is 2.24. The molecule has 4 heteroatoms. The van der Waals surface area contributed by atoms with Crippen molar-refractivity contribution in [2.75, 3.05) is 23.9 Å². The molecule has 1 saturated heterocycles. The third kappa shape index (κ3) is 2.59. The third-order valence-corrected chi connectivity index (χ3v) is 3.24. The highest BCUT2D eigenvalue weighted by Gasteiger charge is 2.20. The summed E-state index contributed by atoms with van der Waals surface area (Å²) in [6, 6.07) is 0. The van der Waals surface area contributed by atoms with Crippen molar-refractivity contribution in [2.45, 2.75) is 19.8 Å². The number of rotatable bonds is 2. The molecule has 1 aliphatic heterocycles. The van der Waals surface area contributed by atoms with E-state index in [9.17, 15) is 0 Å². The molecule has 0 unspecified atom stereocenters. The molecule has 82 valence electrons. The van der Waals surface area contributed by atoms with Crippen molar-refractivity contribution in [3.8, 4) is 0 Å². The molecule has 0 aromatic carbocycles. The van der Waals surface area contributed by atoms with E-state index < -0.39 is 0 Å². The van der Waals surface area contributed by atoms with Gasteiger partial charge >= 0.3 is 0 Å². The molecule has 0 N–H and O–H groups in total. The zero-order valence-electron chi connectivity index (χ0n) is 8.99. The topological polar surface area (TPSA) is 29.0 Å². The van der Waals surface area contributed by atoms with Crippen LogP contribution in [0, 0.1) is 12.8 Å². The number of halogens is 1. The Kier molecular flexibility index (Phi) is 3.41. The predicted molar refractivity (Wildman–Crippen MR) is 62.4 cm³/mol. The highest BCUT2D eigenvalue weighted by Crippen LogP contribution is 2.21. The molecule has 15 heavy (non-hydrogen) atoms. The van der Waals surface area contributed by atoms with Gasteiger partial charge in [0.2, 0.25) is 0 Å². The Morgan fingerprint density at radius 1 is 1.53 bits per heavy atom. The van der Waals surface area contributed by atoms with Crippen LogP contribution in [0.5, 0.6) is 0 Å². The van der Waals surface area contributed by atoms with Crippen LogP contribution >= 0.6 is 11.6 Å². The van der Waals surface area contributed by atoms with Gasteiger partial charge in [0, 0.05) is 25.2 Å². The lowest BCUT2D eigenvalue weighted by Gasteiger charge is -2.32. The molecule has 0 amide bonds. The van der Waals surface area contributed by atoms with E-state index in [-0.39, 0.29) is 0 Å². The summed E-state index contributed by atoms with van der Waals surface area (Å²) in [5.41, 5.74) is 0.973. The van der Waals surface area contributed by atoms with Crippen LogP contribution in [0.4, 0.5) is 5.82 Å². The normalized spacial score (nSPS) is 21.7. The highest BCUT2D eigenvalue weighted by atomic mass is 35.5. The van der Waals surface area contributed by atoms with Gasteiger partial charge in [0.25, 0.3) is 0 Å². The molecule has 1 atom stereocenters. The summed E-state index contributed by atoms with van der Waals surface area (Å²) in [4.78, 5) is 10.9. The van der Waals surface area contributed by atoms with Gasteiger partial charge in [-0.15, -0.1) is 11.6 Å². The number of piperidine rings is 1. The molecule has 1 aromatic heterocycles. The van der Waals surface area contributed by atoms with Crippen LogP contribution in [0.25, 0.3) is 0 Å². The van der Waals surface area contributed by atoms with E-state index in [1.807, 2.05) is 13.1 Å². The van der Waals surface area contributed by atoms with Gasteiger partial charge < -0.3 is 4.90 Å². The molecule has 0 saturated carbocycles. The SMILES string of the molecule is Cc1cncc(N2CCC[C@H](CCl)C2)n1. The molecule has 1 fully saturated rings. The molecule has 0 spiro atoms. The summed E-state index contributed by atoms with van der Waals surface area (Å²) >= 11 is 5.90. The van der Waals surface area contributed by atoms with Gasteiger partial charge in [0.05, 0.1) is 11.9 Å². The number of aryl methyl sites for hydroxylation is 1. The van der Waals surface area contributed by atoms with Gasteiger partial charge in [0.1, 0.15) is 5.82 Å². The largest absolute Gasteiger partial charge is 0.355 e. The van der Waals surface area contributed by atoms with Gasteiger partial charge in [-0.25, -0.2) is 4.98 Å². The third-order valence-electron chi connectivity index (χ3n) is 2.80. The first-order valence-electron chi connectivity index (χ1n) is 5.39. The van der Waals surface area contributed by atoms with Gasteiger partial charge in [-0.2, -0.15) is 0 Å². The fraction of sp³-hybridized carbons (Fsp3) is 0.636. The second kappa shape index (κ2) is 4.79. The van der Waals surface area contributed by atoms with Gasteiger partial charge in [0.15, 0.2) is 0 Å². The Hall–Kier alpha value is -0.830. The van der Waals surface area contributed by atoms with Crippen LogP contribution in [0.15, 0.2) is 12.4 Å². The van der Waals surface area contributed by atoms with Crippen molar-refractivity contribution in [1.29, 1.82) is 0 Å². The summed E-state index contributed by atoms with van der Waals surface area (Å²) in [5, 5.41) is 0. The Balaban J connectivity index is 2.09. The summed E-state index contributed by atoms with van der Waals surface area (Å²) in [6.07, 6.45) is 6.06. The summed E-state index contributed by atoms with van der Waals surface area (Å²) in [5.74, 6) is 2.34. The average Bonchev–Trinajstić information content (AvgIpc) is 2.29. The van der Waals surface area contributed by atoms with E-state index in [0.717, 1.165) is 30.5 Å². The number of hydrogen-bond acceptors (Lipinski definition) is 3. The Morgan fingerprint density at radius 3 is 3.13 bits per heavy atom. The van der Waals surface area contributed by atoms with Crippen molar-refractivity contribution in [1.82, 2.24) is 9.97 Å². The first kappa shape index (κ1) is 10.7. The van der Waals surface area contributed by atoms with Crippen LogP contribution in [0.1, 0.15) is 18.5 Å². The van der Waals surface area contributed by atoms with E-state index in [1.54, 1.807) is 6.20 Å². The zero-order chi connectivity index (χ0) is 10.7. The Bertz CT molecular complexity index is 329. The van der Waals surface area contributed by atoms with Crippen LogP contribution in [-0.2, 0) is 0 Å². The molecule has 0 bridgehead atoms. The summed E-state index contributed by atoms with van der Waals surface area (Å²) in [6.45, 7) is 4.06. The van der Waals surface area contributed by atoms with Gasteiger partial charge in [-0.1, -0.05) is 0 Å². The quantitative estimate of drug-likeness (QED) is 0.723. The number of hydrogen-bond donors (Lipinski definition) is 0. The molecule has 0 radical (unpaired) electrons. The minimum atomic E-state index is 0.600. The molecule has 1 aromatic rings. The molecule has 2 heterocycles. The summed E-state index contributed by atoms with van der Waals surface area (Å²) in [7, 11) is 0. The smallest absolute Gasteiger partial charge is 0.147 e. The maximum Gasteiger partial charge on any atom is 0.147 e. The van der Waals surface area contributed by atoms with E-state index in [1.165, 1.54) is 12.8 Å². The molecule has 3 nitrogen and oxygen atoms in total. The van der Waals surface area contributed by atoms with Crippen molar-refractivity contribution in [2.24, 2.45) is 5.92 Å². The average molecular weight is 226 g/mol. The molecular weight excluding hydrogens is 210 g/mol. The number of alkyl halides is 1. The van der Waals surface area contributed by atoms with Gasteiger partial charge in [-0.05, 0) is 25.7 Å². The van der Waals surface area contributed by atoms with Crippen LogP contribution in [0.3, 0.4) is 0 Å². The minimum Gasteiger partial charge on any atom is -0.355 e. The number of anilines is 1. The standard InChI is InChI=1S/C11H16ClN3/c1-9-6-13-7-11(14-9)15-4-2-3-10(5-12)8-15/h6-7,10H,2-5,8H2,1H3/t10-/m1/s1. The van der Waals surface area contributed by atoms with Crippen molar-refractivity contribution in [3.05, 3.63) is 18.1 Å². The maximum atomic E-state index is 5.90. The molecule has 0 aliphatic carbocycles. The van der Waals surface area contributed by atoms with E-state index in [0.29, 0.717) is 5.92 Å². The van der Waals surface area contributed by atoms with Crippen molar-refractivity contribution >= 4 is 17.4 Å². The minimum absolute atomic E-state index is 0.600. The fourth-order valence-corrected chi connectivity index (χ4v) is 2.25. The van der Waals surface area contributed by atoms with E-state index in [2.05, 4.69) is 14.9 Å². The first-order chi connectivity index (χ1) is 7.29. The number of nitrogens with zero attached hydrogens (tertiary/aromatic N) is 3.